The Bertz CT molecular complexity index is 661. The van der Waals surface area contributed by atoms with Gasteiger partial charge in [-0.15, -0.1) is 12.4 Å². The predicted molar refractivity (Wildman–Crippen MR) is 85.9 cm³/mol. The molecule has 1 fully saturated rings. The maximum Gasteiger partial charge on any atom is 0.387 e. The van der Waals surface area contributed by atoms with E-state index >= 15 is 0 Å². The molecule has 10 heteroatoms. The van der Waals surface area contributed by atoms with Crippen LogP contribution in [-0.4, -0.2) is 39.0 Å². The van der Waals surface area contributed by atoms with Crippen molar-refractivity contribution in [3.05, 3.63) is 23.2 Å². The van der Waals surface area contributed by atoms with Crippen LogP contribution in [0.25, 0.3) is 0 Å². The molecule has 2 rings (SSSR count). The Labute approximate surface area is 145 Å². The highest BCUT2D eigenvalue weighted by atomic mass is 35.5. The average molecular weight is 391 g/mol. The van der Waals surface area contributed by atoms with Crippen LogP contribution in [0, 0.1) is 5.41 Å². The number of nitrogens with zero attached hydrogens (tertiary/aromatic N) is 1. The second-order valence-corrected chi connectivity index (χ2v) is 7.92. The first-order chi connectivity index (χ1) is 10.2. The second-order valence-electron chi connectivity index (χ2n) is 5.57. The topological polar surface area (TPSA) is 72.6 Å². The van der Waals surface area contributed by atoms with Crippen LogP contribution in [0.2, 0.25) is 5.02 Å². The molecule has 1 aliphatic rings. The monoisotopic (exact) mass is 390 g/mol. The molecule has 0 spiro atoms. The van der Waals surface area contributed by atoms with Crippen LogP contribution in [-0.2, 0) is 10.0 Å². The van der Waals surface area contributed by atoms with Crippen molar-refractivity contribution in [1.29, 1.82) is 0 Å². The quantitative estimate of drug-likeness (QED) is 0.838. The van der Waals surface area contributed by atoms with Gasteiger partial charge >= 0.3 is 6.61 Å². The minimum absolute atomic E-state index is 0. The number of alkyl halides is 2. The molecule has 2 N–H and O–H groups in total. The third-order valence-electron chi connectivity index (χ3n) is 3.77. The van der Waals surface area contributed by atoms with Crippen LogP contribution in [0.3, 0.4) is 0 Å². The zero-order chi connectivity index (χ0) is 16.5. The Morgan fingerprint density at radius 1 is 1.48 bits per heavy atom. The highest BCUT2D eigenvalue weighted by Gasteiger charge is 2.39. The lowest BCUT2D eigenvalue weighted by Gasteiger charge is -2.22. The SMILES string of the molecule is CC1(CN)CCN(S(=O)(=O)c2ccc(OC(F)F)c(Cl)c2)C1.Cl. The van der Waals surface area contributed by atoms with E-state index in [1.807, 2.05) is 6.92 Å². The standard InChI is InChI=1S/C13H17ClF2N2O3S.ClH/c1-13(7-17)4-5-18(8-13)22(19,20)9-2-3-11(10(14)6-9)21-12(15)16;/h2-3,6,12H,4-5,7-8,17H2,1H3;1H. The summed E-state index contributed by atoms with van der Waals surface area (Å²) in [5.41, 5.74) is 5.42. The number of halogens is 4. The number of ether oxygens (including phenoxy) is 1. The van der Waals surface area contributed by atoms with Gasteiger partial charge in [0.2, 0.25) is 10.0 Å². The summed E-state index contributed by atoms with van der Waals surface area (Å²) in [6.45, 7) is -0.0265. The van der Waals surface area contributed by atoms with Crippen molar-refractivity contribution >= 4 is 34.0 Å². The van der Waals surface area contributed by atoms with Gasteiger partial charge in [-0.3, -0.25) is 0 Å². The lowest BCUT2D eigenvalue weighted by molar-refractivity contribution is -0.0498. The van der Waals surface area contributed by atoms with Crippen molar-refractivity contribution in [2.45, 2.75) is 24.9 Å². The fraction of sp³-hybridized carbons (Fsp3) is 0.538. The Kier molecular flexibility index (Phi) is 6.63. The zero-order valence-electron chi connectivity index (χ0n) is 12.3. The molecule has 1 heterocycles. The summed E-state index contributed by atoms with van der Waals surface area (Å²) in [6.07, 6.45) is 0.670. The molecule has 0 aromatic heterocycles. The summed E-state index contributed by atoms with van der Waals surface area (Å²) >= 11 is 5.81. The van der Waals surface area contributed by atoms with Crippen LogP contribution >= 0.6 is 24.0 Å². The molecular weight excluding hydrogens is 373 g/mol. The summed E-state index contributed by atoms with van der Waals surface area (Å²) in [4.78, 5) is -0.0552. The van der Waals surface area contributed by atoms with Gasteiger partial charge in [0.05, 0.1) is 9.92 Å². The molecule has 1 unspecified atom stereocenters. The predicted octanol–water partition coefficient (Wildman–Crippen LogP) is 2.72. The first-order valence-electron chi connectivity index (χ1n) is 6.62. The first-order valence-corrected chi connectivity index (χ1v) is 8.44. The van der Waals surface area contributed by atoms with E-state index in [1.165, 1.54) is 10.4 Å². The molecule has 1 aromatic carbocycles. The summed E-state index contributed by atoms with van der Waals surface area (Å²) in [7, 11) is -3.74. The van der Waals surface area contributed by atoms with Crippen LogP contribution in [0.4, 0.5) is 8.78 Å². The van der Waals surface area contributed by atoms with Gasteiger partial charge < -0.3 is 10.5 Å². The summed E-state index contributed by atoms with van der Waals surface area (Å²) in [6, 6.07) is 3.45. The molecule has 132 valence electrons. The maximum absolute atomic E-state index is 12.6. The van der Waals surface area contributed by atoms with E-state index in [0.717, 1.165) is 12.1 Å². The first kappa shape index (κ1) is 20.4. The smallest absolute Gasteiger partial charge is 0.387 e. The van der Waals surface area contributed by atoms with Crippen molar-refractivity contribution in [3.63, 3.8) is 0 Å². The number of hydrogen-bond acceptors (Lipinski definition) is 4. The minimum atomic E-state index is -3.74. The third-order valence-corrected chi connectivity index (χ3v) is 5.91. The van der Waals surface area contributed by atoms with Gasteiger partial charge in [0.25, 0.3) is 0 Å². The largest absolute Gasteiger partial charge is 0.433 e. The van der Waals surface area contributed by atoms with E-state index < -0.39 is 16.6 Å². The summed E-state index contributed by atoms with van der Waals surface area (Å²) in [5.74, 6) is -0.260. The number of sulfonamides is 1. The molecule has 1 atom stereocenters. The molecule has 0 radical (unpaired) electrons. The Morgan fingerprint density at radius 2 is 2.13 bits per heavy atom. The van der Waals surface area contributed by atoms with Gasteiger partial charge in [0.1, 0.15) is 5.75 Å². The molecular formula is C13H18Cl2F2N2O3S. The van der Waals surface area contributed by atoms with Gasteiger partial charge in [0, 0.05) is 13.1 Å². The fourth-order valence-electron chi connectivity index (χ4n) is 2.33. The molecule has 5 nitrogen and oxygen atoms in total. The van der Waals surface area contributed by atoms with E-state index in [9.17, 15) is 17.2 Å². The molecule has 0 aliphatic carbocycles. The lowest BCUT2D eigenvalue weighted by Crippen LogP contribution is -2.34. The molecule has 0 bridgehead atoms. The highest BCUT2D eigenvalue weighted by Crippen LogP contribution is 2.34. The molecule has 23 heavy (non-hydrogen) atoms. The van der Waals surface area contributed by atoms with Crippen LogP contribution in [0.1, 0.15) is 13.3 Å². The number of nitrogens with two attached hydrogens (primary N) is 1. The molecule has 0 saturated carbocycles. The van der Waals surface area contributed by atoms with Gasteiger partial charge in [-0.05, 0) is 36.6 Å². The average Bonchev–Trinajstić information content (AvgIpc) is 2.84. The van der Waals surface area contributed by atoms with E-state index in [4.69, 9.17) is 17.3 Å². The van der Waals surface area contributed by atoms with Crippen LogP contribution in [0.5, 0.6) is 5.75 Å². The molecule has 1 aromatic rings. The Balaban J connectivity index is 0.00000264. The van der Waals surface area contributed by atoms with E-state index in [1.54, 1.807) is 0 Å². The van der Waals surface area contributed by atoms with E-state index in [0.29, 0.717) is 26.1 Å². The van der Waals surface area contributed by atoms with Gasteiger partial charge in [-0.1, -0.05) is 18.5 Å². The number of hydrogen-bond donors (Lipinski definition) is 1. The summed E-state index contributed by atoms with van der Waals surface area (Å²) in [5, 5.41) is -0.179. The molecule has 1 aliphatic heterocycles. The Hall–Kier alpha value is -0.670. The van der Waals surface area contributed by atoms with Gasteiger partial charge in [-0.2, -0.15) is 13.1 Å². The van der Waals surface area contributed by atoms with Crippen LogP contribution in [0.15, 0.2) is 23.1 Å². The lowest BCUT2D eigenvalue weighted by atomic mass is 9.90. The van der Waals surface area contributed by atoms with Crippen molar-refractivity contribution in [3.8, 4) is 5.75 Å². The van der Waals surface area contributed by atoms with Gasteiger partial charge in [-0.25, -0.2) is 8.42 Å². The number of benzene rings is 1. The van der Waals surface area contributed by atoms with E-state index in [2.05, 4.69) is 4.74 Å². The third kappa shape index (κ3) is 4.45. The summed E-state index contributed by atoms with van der Waals surface area (Å²) < 4.78 is 55.0. The highest BCUT2D eigenvalue weighted by molar-refractivity contribution is 7.89. The van der Waals surface area contributed by atoms with Gasteiger partial charge in [0.15, 0.2) is 0 Å². The second kappa shape index (κ2) is 7.48. The molecule has 1 saturated heterocycles. The molecule has 0 amide bonds. The Morgan fingerprint density at radius 3 is 2.61 bits per heavy atom. The number of rotatable bonds is 5. The zero-order valence-corrected chi connectivity index (χ0v) is 14.7. The van der Waals surface area contributed by atoms with Crippen molar-refractivity contribution < 1.29 is 21.9 Å². The van der Waals surface area contributed by atoms with Crippen LogP contribution < -0.4 is 10.5 Å². The minimum Gasteiger partial charge on any atom is -0.433 e. The van der Waals surface area contributed by atoms with Crippen molar-refractivity contribution in [1.82, 2.24) is 4.31 Å². The fourth-order valence-corrected chi connectivity index (χ4v) is 4.24. The van der Waals surface area contributed by atoms with E-state index in [-0.39, 0.29) is 33.5 Å². The maximum atomic E-state index is 12.6. The van der Waals surface area contributed by atoms with Crippen molar-refractivity contribution in [2.24, 2.45) is 11.1 Å². The normalized spacial score (nSPS) is 22.2. The van der Waals surface area contributed by atoms with Crippen molar-refractivity contribution in [2.75, 3.05) is 19.6 Å².